The molecule has 1 unspecified atom stereocenters. The van der Waals surface area contributed by atoms with E-state index in [4.69, 9.17) is 0 Å². The molecular weight excluding hydrogens is 373 g/mol. The van der Waals surface area contributed by atoms with Gasteiger partial charge in [0.05, 0.1) is 10.5 Å². The van der Waals surface area contributed by atoms with Gasteiger partial charge in [0.25, 0.3) is 0 Å². The second-order valence-corrected chi connectivity index (χ2v) is 7.65. The van der Waals surface area contributed by atoms with Gasteiger partial charge in [0.2, 0.25) is 0 Å². The molecule has 0 saturated heterocycles. The monoisotopic (exact) mass is 388 g/mol. The fraction of sp³-hybridized carbons (Fsp3) is 0.250. The van der Waals surface area contributed by atoms with Crippen LogP contribution in [0.15, 0.2) is 47.4 Å². The Kier molecular flexibility index (Phi) is 5.26. The maximum Gasteiger partial charge on any atom is 0.416 e. The zero-order valence-electron chi connectivity index (χ0n) is 13.7. The third-order valence-electron chi connectivity index (χ3n) is 3.69. The predicted octanol–water partition coefficient (Wildman–Crippen LogP) is 4.19. The minimum atomic E-state index is -4.46. The molecule has 140 valence electrons. The van der Waals surface area contributed by atoms with Gasteiger partial charge in [-0.25, -0.2) is 8.42 Å². The van der Waals surface area contributed by atoms with Gasteiger partial charge in [-0.15, -0.1) is 0 Å². The number of halogens is 3. The molecule has 0 aliphatic rings. The van der Waals surface area contributed by atoms with Gasteiger partial charge in [-0.1, -0.05) is 18.2 Å². The molecule has 0 amide bonds. The molecule has 0 aromatic heterocycles. The van der Waals surface area contributed by atoms with Crippen molar-refractivity contribution in [3.05, 3.63) is 63.7 Å². The smallest absolute Gasteiger partial charge is 0.373 e. The fourth-order valence-electron chi connectivity index (χ4n) is 2.40. The molecule has 0 aliphatic carbocycles. The Balaban J connectivity index is 2.38. The number of hydrogen-bond acceptors (Lipinski definition) is 5. The van der Waals surface area contributed by atoms with E-state index in [2.05, 4.69) is 5.32 Å². The zero-order valence-corrected chi connectivity index (χ0v) is 14.6. The normalized spacial score (nSPS) is 13.3. The molecule has 1 N–H and O–H groups in total. The highest BCUT2D eigenvalue weighted by Gasteiger charge is 2.30. The van der Waals surface area contributed by atoms with Crippen molar-refractivity contribution in [1.82, 2.24) is 0 Å². The summed E-state index contributed by atoms with van der Waals surface area (Å²) in [6, 6.07) is 7.56. The van der Waals surface area contributed by atoms with Gasteiger partial charge < -0.3 is 5.32 Å². The van der Waals surface area contributed by atoms with Crippen LogP contribution in [-0.2, 0) is 16.0 Å². The van der Waals surface area contributed by atoms with E-state index in [1.807, 2.05) is 0 Å². The predicted molar refractivity (Wildman–Crippen MR) is 89.7 cm³/mol. The van der Waals surface area contributed by atoms with Crippen molar-refractivity contribution in [2.45, 2.75) is 24.0 Å². The second kappa shape index (κ2) is 6.94. The first-order valence-electron chi connectivity index (χ1n) is 7.32. The Morgan fingerprint density at radius 2 is 1.69 bits per heavy atom. The highest BCUT2D eigenvalue weighted by molar-refractivity contribution is 7.90. The molecule has 0 spiro atoms. The van der Waals surface area contributed by atoms with Crippen LogP contribution in [0.1, 0.15) is 24.1 Å². The topological polar surface area (TPSA) is 89.3 Å². The lowest BCUT2D eigenvalue weighted by atomic mass is 10.1. The van der Waals surface area contributed by atoms with E-state index in [0.717, 1.165) is 24.5 Å². The maximum absolute atomic E-state index is 12.6. The molecule has 2 aromatic carbocycles. The number of nitro groups is 1. The zero-order chi connectivity index (χ0) is 19.7. The molecule has 1 atom stereocenters. The van der Waals surface area contributed by atoms with E-state index in [1.165, 1.54) is 24.3 Å². The summed E-state index contributed by atoms with van der Waals surface area (Å²) in [5.41, 5.74) is -0.991. The van der Waals surface area contributed by atoms with Crippen LogP contribution in [0.4, 0.5) is 24.5 Å². The Morgan fingerprint density at radius 1 is 1.12 bits per heavy atom. The van der Waals surface area contributed by atoms with Crippen LogP contribution in [0.2, 0.25) is 0 Å². The van der Waals surface area contributed by atoms with Gasteiger partial charge >= 0.3 is 11.9 Å². The van der Waals surface area contributed by atoms with Gasteiger partial charge in [0, 0.05) is 12.3 Å². The number of nitrogens with zero attached hydrogens (tertiary/aromatic N) is 1. The van der Waals surface area contributed by atoms with Crippen LogP contribution in [0.5, 0.6) is 0 Å². The van der Waals surface area contributed by atoms with E-state index in [0.29, 0.717) is 5.56 Å². The lowest BCUT2D eigenvalue weighted by molar-refractivity contribution is -0.386. The number of nitrogens with one attached hydrogen (secondary N) is 1. The lowest BCUT2D eigenvalue weighted by Gasteiger charge is -2.17. The molecular formula is C16H15F3N2O4S. The molecule has 10 heteroatoms. The summed E-state index contributed by atoms with van der Waals surface area (Å²) in [5, 5.41) is 14.1. The first-order valence-corrected chi connectivity index (χ1v) is 9.21. The largest absolute Gasteiger partial charge is 0.416 e. The van der Waals surface area contributed by atoms with Crippen molar-refractivity contribution in [2.24, 2.45) is 0 Å². The first-order chi connectivity index (χ1) is 11.9. The number of rotatable bonds is 5. The van der Waals surface area contributed by atoms with Gasteiger partial charge in [0.15, 0.2) is 9.84 Å². The van der Waals surface area contributed by atoms with Crippen molar-refractivity contribution in [3.63, 3.8) is 0 Å². The van der Waals surface area contributed by atoms with Crippen molar-refractivity contribution in [1.29, 1.82) is 0 Å². The third-order valence-corrected chi connectivity index (χ3v) is 4.82. The number of hydrogen-bond donors (Lipinski definition) is 1. The van der Waals surface area contributed by atoms with Crippen molar-refractivity contribution in [2.75, 3.05) is 11.6 Å². The van der Waals surface area contributed by atoms with E-state index < -0.39 is 43.1 Å². The average Bonchev–Trinajstić information content (AvgIpc) is 2.52. The average molecular weight is 388 g/mol. The van der Waals surface area contributed by atoms with Gasteiger partial charge in [-0.3, -0.25) is 10.1 Å². The minimum Gasteiger partial charge on any atom is -0.373 e. The number of benzene rings is 2. The summed E-state index contributed by atoms with van der Waals surface area (Å²) in [4.78, 5) is 10.1. The molecule has 26 heavy (non-hydrogen) atoms. The summed E-state index contributed by atoms with van der Waals surface area (Å²) in [5.74, 6) is 0. The van der Waals surface area contributed by atoms with E-state index >= 15 is 0 Å². The first kappa shape index (κ1) is 19.7. The minimum absolute atomic E-state index is 0.0367. The fourth-order valence-corrected chi connectivity index (χ4v) is 3.27. The molecule has 0 fully saturated rings. The highest BCUT2D eigenvalue weighted by atomic mass is 32.2. The molecule has 2 aromatic rings. The Bertz CT molecular complexity index is 926. The Morgan fingerprint density at radius 3 is 2.15 bits per heavy atom. The van der Waals surface area contributed by atoms with Crippen LogP contribution in [0, 0.1) is 10.1 Å². The maximum atomic E-state index is 12.6. The van der Waals surface area contributed by atoms with Crippen molar-refractivity contribution in [3.8, 4) is 0 Å². The lowest BCUT2D eigenvalue weighted by Crippen LogP contribution is -2.11. The van der Waals surface area contributed by atoms with Crippen LogP contribution in [0.25, 0.3) is 0 Å². The summed E-state index contributed by atoms with van der Waals surface area (Å²) in [6.07, 6.45) is -3.60. The van der Waals surface area contributed by atoms with Crippen molar-refractivity contribution < 1.29 is 26.5 Å². The number of nitro benzene ring substituents is 1. The van der Waals surface area contributed by atoms with E-state index in [9.17, 15) is 31.7 Å². The van der Waals surface area contributed by atoms with Crippen LogP contribution in [0.3, 0.4) is 0 Å². The van der Waals surface area contributed by atoms with Gasteiger partial charge in [-0.2, -0.15) is 13.2 Å². The van der Waals surface area contributed by atoms with Gasteiger partial charge in [0.1, 0.15) is 10.6 Å². The SMILES string of the molecule is CC(Nc1cccc(S(C)(=O)=O)c1[N+](=O)[O-])c1ccc(C(F)(F)F)cc1. The van der Waals surface area contributed by atoms with E-state index in [1.54, 1.807) is 6.92 Å². The summed E-state index contributed by atoms with van der Waals surface area (Å²) < 4.78 is 61.4. The number of anilines is 1. The summed E-state index contributed by atoms with van der Waals surface area (Å²) in [7, 11) is -3.83. The molecule has 0 saturated carbocycles. The number of alkyl halides is 3. The molecule has 0 bridgehead atoms. The number of sulfone groups is 1. The highest BCUT2D eigenvalue weighted by Crippen LogP contribution is 2.35. The van der Waals surface area contributed by atoms with Crippen LogP contribution < -0.4 is 5.32 Å². The van der Waals surface area contributed by atoms with Crippen LogP contribution >= 0.6 is 0 Å². The molecule has 0 aliphatic heterocycles. The van der Waals surface area contributed by atoms with Crippen LogP contribution in [-0.4, -0.2) is 19.6 Å². The molecule has 0 heterocycles. The molecule has 2 rings (SSSR count). The van der Waals surface area contributed by atoms with Gasteiger partial charge in [-0.05, 0) is 36.8 Å². The third kappa shape index (κ3) is 4.31. The van der Waals surface area contributed by atoms with Crippen molar-refractivity contribution >= 4 is 21.2 Å². The molecule has 0 radical (unpaired) electrons. The second-order valence-electron chi connectivity index (χ2n) is 5.67. The Hall–Kier alpha value is -2.62. The summed E-state index contributed by atoms with van der Waals surface area (Å²) in [6.45, 7) is 1.60. The Labute approximate surface area is 147 Å². The number of para-hydroxylation sites is 1. The molecule has 6 nitrogen and oxygen atoms in total. The van der Waals surface area contributed by atoms with E-state index in [-0.39, 0.29) is 5.69 Å². The quantitative estimate of drug-likeness (QED) is 0.613. The summed E-state index contributed by atoms with van der Waals surface area (Å²) >= 11 is 0. The standard InChI is InChI=1S/C16H15F3N2O4S/c1-10(11-6-8-12(9-7-11)16(17,18)19)20-13-4-3-5-14(26(2,24)25)15(13)21(22)23/h3-10,20H,1-2H3.